The smallest absolute Gasteiger partial charge is 0.138 e. The van der Waals surface area contributed by atoms with Gasteiger partial charge in [0.15, 0.2) is 0 Å². The summed E-state index contributed by atoms with van der Waals surface area (Å²) in [6.07, 6.45) is 9.46. The molecular weight excluding hydrogens is 224 g/mol. The van der Waals surface area contributed by atoms with Crippen LogP contribution < -0.4 is 5.32 Å². The highest BCUT2D eigenvalue weighted by atomic mass is 15.3. The summed E-state index contributed by atoms with van der Waals surface area (Å²) < 4.78 is 2.02. The van der Waals surface area contributed by atoms with Gasteiger partial charge in [0.25, 0.3) is 0 Å². The van der Waals surface area contributed by atoms with E-state index in [1.165, 1.54) is 32.1 Å². The summed E-state index contributed by atoms with van der Waals surface area (Å²) in [4.78, 5) is 4.42. The SMILES string of the molecule is CCCNC(Cc1ncnn1CC)C1CCCC1. The van der Waals surface area contributed by atoms with Crippen LogP contribution in [0.5, 0.6) is 0 Å². The van der Waals surface area contributed by atoms with Crippen LogP contribution >= 0.6 is 0 Å². The maximum absolute atomic E-state index is 4.42. The number of aryl methyl sites for hydroxylation is 1. The van der Waals surface area contributed by atoms with Crippen molar-refractivity contribution in [3.63, 3.8) is 0 Å². The molecule has 1 unspecified atom stereocenters. The first-order chi connectivity index (χ1) is 8.85. The quantitative estimate of drug-likeness (QED) is 0.808. The number of rotatable bonds is 7. The number of nitrogens with zero attached hydrogens (tertiary/aromatic N) is 3. The zero-order valence-electron chi connectivity index (χ0n) is 11.7. The van der Waals surface area contributed by atoms with Gasteiger partial charge in [-0.15, -0.1) is 0 Å². The third-order valence-corrected chi connectivity index (χ3v) is 4.02. The zero-order chi connectivity index (χ0) is 12.8. The lowest BCUT2D eigenvalue weighted by Crippen LogP contribution is -2.38. The largest absolute Gasteiger partial charge is 0.313 e. The predicted octanol–water partition coefficient (Wildman–Crippen LogP) is 2.40. The predicted molar refractivity (Wildman–Crippen MR) is 73.4 cm³/mol. The fourth-order valence-corrected chi connectivity index (χ4v) is 3.00. The Balaban J connectivity index is 1.99. The van der Waals surface area contributed by atoms with E-state index in [2.05, 4.69) is 29.2 Å². The van der Waals surface area contributed by atoms with Crippen molar-refractivity contribution in [1.29, 1.82) is 0 Å². The second-order valence-electron chi connectivity index (χ2n) is 5.30. The van der Waals surface area contributed by atoms with Crippen molar-refractivity contribution < 1.29 is 0 Å². The van der Waals surface area contributed by atoms with Crippen LogP contribution in [0.15, 0.2) is 6.33 Å². The van der Waals surface area contributed by atoms with Crippen molar-refractivity contribution in [2.24, 2.45) is 5.92 Å². The number of hydrogen-bond acceptors (Lipinski definition) is 3. The molecule has 0 aromatic carbocycles. The Bertz CT molecular complexity index is 341. The summed E-state index contributed by atoms with van der Waals surface area (Å²) in [6, 6.07) is 0.585. The maximum atomic E-state index is 4.42. The van der Waals surface area contributed by atoms with E-state index in [-0.39, 0.29) is 0 Å². The highest BCUT2D eigenvalue weighted by Gasteiger charge is 2.25. The van der Waals surface area contributed by atoms with Gasteiger partial charge in [0.1, 0.15) is 12.2 Å². The minimum Gasteiger partial charge on any atom is -0.313 e. The van der Waals surface area contributed by atoms with Gasteiger partial charge in [0, 0.05) is 19.0 Å². The van der Waals surface area contributed by atoms with Crippen LogP contribution in [0.25, 0.3) is 0 Å². The standard InChI is InChI=1S/C14H26N4/c1-3-9-15-13(12-7-5-6-8-12)10-14-16-11-17-18(14)4-2/h11-13,15H,3-10H2,1-2H3. The second-order valence-corrected chi connectivity index (χ2v) is 5.30. The highest BCUT2D eigenvalue weighted by molar-refractivity contribution is 4.93. The molecule has 0 aliphatic heterocycles. The van der Waals surface area contributed by atoms with Crippen molar-refractivity contribution in [2.75, 3.05) is 6.54 Å². The molecule has 1 aromatic rings. The summed E-state index contributed by atoms with van der Waals surface area (Å²) in [5.41, 5.74) is 0. The van der Waals surface area contributed by atoms with Crippen LogP contribution in [0, 0.1) is 5.92 Å². The van der Waals surface area contributed by atoms with Crippen LogP contribution in [0.1, 0.15) is 51.8 Å². The van der Waals surface area contributed by atoms with Crippen LogP contribution in [0.2, 0.25) is 0 Å². The van der Waals surface area contributed by atoms with Gasteiger partial charge >= 0.3 is 0 Å². The lowest BCUT2D eigenvalue weighted by atomic mass is 9.95. The summed E-state index contributed by atoms with van der Waals surface area (Å²) in [7, 11) is 0. The van der Waals surface area contributed by atoms with E-state index >= 15 is 0 Å². The molecule has 18 heavy (non-hydrogen) atoms. The Morgan fingerprint density at radius 3 is 2.83 bits per heavy atom. The van der Waals surface area contributed by atoms with Gasteiger partial charge in [-0.05, 0) is 38.6 Å². The maximum Gasteiger partial charge on any atom is 0.138 e. The lowest BCUT2D eigenvalue weighted by Gasteiger charge is -2.24. The first kappa shape index (κ1) is 13.5. The van der Waals surface area contributed by atoms with Gasteiger partial charge in [0.05, 0.1) is 0 Å². The molecule has 1 aromatic heterocycles. The van der Waals surface area contributed by atoms with E-state index < -0.39 is 0 Å². The van der Waals surface area contributed by atoms with Gasteiger partial charge in [-0.25, -0.2) is 4.98 Å². The normalized spacial score (nSPS) is 18.3. The molecule has 1 N–H and O–H groups in total. The molecule has 1 fully saturated rings. The van der Waals surface area contributed by atoms with Gasteiger partial charge in [-0.2, -0.15) is 5.10 Å². The molecule has 1 saturated carbocycles. The van der Waals surface area contributed by atoms with Crippen molar-refractivity contribution in [2.45, 2.75) is 65.0 Å². The van der Waals surface area contributed by atoms with Crippen LogP contribution in [0.3, 0.4) is 0 Å². The molecule has 1 aliphatic carbocycles. The fourth-order valence-electron chi connectivity index (χ4n) is 3.00. The molecule has 2 rings (SSSR count). The first-order valence-electron chi connectivity index (χ1n) is 7.45. The van der Waals surface area contributed by atoms with Crippen molar-refractivity contribution in [3.05, 3.63) is 12.2 Å². The molecule has 0 bridgehead atoms. The van der Waals surface area contributed by atoms with Crippen molar-refractivity contribution in [3.8, 4) is 0 Å². The first-order valence-corrected chi connectivity index (χ1v) is 7.45. The molecule has 0 saturated heterocycles. The van der Waals surface area contributed by atoms with Crippen LogP contribution in [-0.4, -0.2) is 27.4 Å². The molecule has 1 heterocycles. The molecule has 0 spiro atoms. The van der Waals surface area contributed by atoms with E-state index in [4.69, 9.17) is 0 Å². The van der Waals surface area contributed by atoms with Crippen molar-refractivity contribution >= 4 is 0 Å². The monoisotopic (exact) mass is 250 g/mol. The summed E-state index contributed by atoms with van der Waals surface area (Å²) in [6.45, 7) is 6.39. The third kappa shape index (κ3) is 3.31. The van der Waals surface area contributed by atoms with Gasteiger partial charge in [-0.1, -0.05) is 19.8 Å². The molecule has 0 amide bonds. The molecule has 0 radical (unpaired) electrons. The van der Waals surface area contributed by atoms with Gasteiger partial charge in [0.2, 0.25) is 0 Å². The Labute approximate surface area is 110 Å². The Morgan fingerprint density at radius 1 is 1.39 bits per heavy atom. The topological polar surface area (TPSA) is 42.7 Å². The summed E-state index contributed by atoms with van der Waals surface area (Å²) in [5.74, 6) is 1.97. The zero-order valence-corrected chi connectivity index (χ0v) is 11.7. The summed E-state index contributed by atoms with van der Waals surface area (Å²) in [5, 5.41) is 7.99. The number of hydrogen-bond donors (Lipinski definition) is 1. The average molecular weight is 250 g/mol. The molecule has 4 nitrogen and oxygen atoms in total. The van der Waals surface area contributed by atoms with E-state index in [1.54, 1.807) is 6.33 Å². The third-order valence-electron chi connectivity index (χ3n) is 4.02. The Morgan fingerprint density at radius 2 is 2.17 bits per heavy atom. The van der Waals surface area contributed by atoms with E-state index in [1.807, 2.05) is 4.68 Å². The molecule has 1 aliphatic rings. The van der Waals surface area contributed by atoms with Crippen LogP contribution in [0.4, 0.5) is 0 Å². The van der Waals surface area contributed by atoms with E-state index in [9.17, 15) is 0 Å². The molecule has 4 heteroatoms. The van der Waals surface area contributed by atoms with Crippen LogP contribution in [-0.2, 0) is 13.0 Å². The molecular formula is C14H26N4. The van der Waals surface area contributed by atoms with E-state index in [0.717, 1.165) is 31.3 Å². The van der Waals surface area contributed by atoms with E-state index in [0.29, 0.717) is 6.04 Å². The fraction of sp³-hybridized carbons (Fsp3) is 0.857. The lowest BCUT2D eigenvalue weighted by molar-refractivity contribution is 0.347. The summed E-state index contributed by atoms with van der Waals surface area (Å²) >= 11 is 0. The highest BCUT2D eigenvalue weighted by Crippen LogP contribution is 2.29. The van der Waals surface area contributed by atoms with Gasteiger partial charge < -0.3 is 5.32 Å². The van der Waals surface area contributed by atoms with Gasteiger partial charge in [-0.3, -0.25) is 4.68 Å². The average Bonchev–Trinajstić information content (AvgIpc) is 3.04. The molecule has 102 valence electrons. The minimum absolute atomic E-state index is 0.585. The Hall–Kier alpha value is -0.900. The number of aromatic nitrogens is 3. The second kappa shape index (κ2) is 6.88. The number of nitrogens with one attached hydrogen (secondary N) is 1. The molecule has 1 atom stereocenters. The Kier molecular flexibility index (Phi) is 5.17. The minimum atomic E-state index is 0.585. The van der Waals surface area contributed by atoms with Crippen molar-refractivity contribution in [1.82, 2.24) is 20.1 Å².